The third kappa shape index (κ3) is 4.81. The Morgan fingerprint density at radius 1 is 1.03 bits per heavy atom. The van der Waals surface area contributed by atoms with E-state index in [1.165, 1.54) is 5.56 Å². The fourth-order valence-electron chi connectivity index (χ4n) is 4.36. The van der Waals surface area contributed by atoms with Gasteiger partial charge in [0.05, 0.1) is 25.4 Å². The van der Waals surface area contributed by atoms with Crippen LogP contribution in [0.3, 0.4) is 0 Å². The van der Waals surface area contributed by atoms with Crippen LogP contribution in [0, 0.1) is 6.92 Å². The summed E-state index contributed by atoms with van der Waals surface area (Å²) in [5.41, 5.74) is 4.17. The van der Waals surface area contributed by atoms with E-state index >= 15 is 0 Å². The van der Waals surface area contributed by atoms with Crippen molar-refractivity contribution in [3.63, 3.8) is 0 Å². The molecular weight excluding hydrogens is 388 g/mol. The van der Waals surface area contributed by atoms with E-state index < -0.39 is 0 Å². The highest BCUT2D eigenvalue weighted by molar-refractivity contribution is 6.05. The van der Waals surface area contributed by atoms with Crippen LogP contribution < -0.4 is 4.74 Å². The van der Waals surface area contributed by atoms with E-state index in [4.69, 9.17) is 9.84 Å². The van der Waals surface area contributed by atoms with Gasteiger partial charge in [-0.1, -0.05) is 48.9 Å². The number of hydrogen-bond donors (Lipinski definition) is 0. The van der Waals surface area contributed by atoms with Crippen molar-refractivity contribution < 1.29 is 9.53 Å². The first kappa shape index (κ1) is 21.5. The SMILES string of the molecule is CCN1CCN(CC(=O)N2N=C(c3ccccc3OC)C[C@@H]2c2ccc(C)cc2)CC1. The van der Waals surface area contributed by atoms with E-state index in [-0.39, 0.29) is 11.9 Å². The maximum absolute atomic E-state index is 13.4. The molecule has 6 heteroatoms. The number of hydrogen-bond acceptors (Lipinski definition) is 5. The van der Waals surface area contributed by atoms with Crippen molar-refractivity contribution in [1.29, 1.82) is 0 Å². The van der Waals surface area contributed by atoms with Gasteiger partial charge in [0.2, 0.25) is 0 Å². The van der Waals surface area contributed by atoms with Gasteiger partial charge in [-0.3, -0.25) is 9.69 Å². The molecule has 0 aliphatic carbocycles. The summed E-state index contributed by atoms with van der Waals surface area (Å²) in [6.45, 7) is 9.61. The zero-order valence-electron chi connectivity index (χ0n) is 18.8. The fourth-order valence-corrected chi connectivity index (χ4v) is 4.36. The molecule has 2 aliphatic heterocycles. The molecular formula is C25H32N4O2. The van der Waals surface area contributed by atoms with Crippen LogP contribution in [0.15, 0.2) is 53.6 Å². The number of nitrogens with zero attached hydrogens (tertiary/aromatic N) is 4. The lowest BCUT2D eigenvalue weighted by molar-refractivity contribution is -0.134. The molecule has 2 aromatic rings. The minimum atomic E-state index is -0.0926. The van der Waals surface area contributed by atoms with Crippen LogP contribution in [-0.4, -0.2) is 72.8 Å². The number of hydrazone groups is 1. The summed E-state index contributed by atoms with van der Waals surface area (Å²) in [7, 11) is 1.67. The number of para-hydroxylation sites is 1. The zero-order chi connectivity index (χ0) is 21.8. The second-order valence-electron chi connectivity index (χ2n) is 8.33. The number of amides is 1. The standard InChI is InChI=1S/C25H32N4O2/c1-4-27-13-15-28(16-14-27)18-25(30)29-23(20-11-9-19(2)10-12-20)17-22(26-29)21-7-5-6-8-24(21)31-3/h5-12,23H,4,13-18H2,1-3H3/t23-/m1/s1. The van der Waals surface area contributed by atoms with E-state index in [1.54, 1.807) is 12.1 Å². The monoisotopic (exact) mass is 420 g/mol. The molecule has 1 saturated heterocycles. The highest BCUT2D eigenvalue weighted by Crippen LogP contribution is 2.35. The summed E-state index contributed by atoms with van der Waals surface area (Å²) in [5.74, 6) is 0.842. The molecule has 0 N–H and O–H groups in total. The fraction of sp³-hybridized carbons (Fsp3) is 0.440. The lowest BCUT2D eigenvalue weighted by Gasteiger charge is -2.34. The first-order valence-electron chi connectivity index (χ1n) is 11.1. The zero-order valence-corrected chi connectivity index (χ0v) is 18.8. The summed E-state index contributed by atoms with van der Waals surface area (Å²) in [6.07, 6.45) is 0.679. The lowest BCUT2D eigenvalue weighted by Crippen LogP contribution is -2.49. The van der Waals surface area contributed by atoms with Crippen molar-refractivity contribution >= 4 is 11.6 Å². The van der Waals surface area contributed by atoms with Gasteiger partial charge in [-0.05, 0) is 31.2 Å². The van der Waals surface area contributed by atoms with Crippen molar-refractivity contribution in [2.75, 3.05) is 46.4 Å². The van der Waals surface area contributed by atoms with Crippen molar-refractivity contribution in [3.8, 4) is 5.75 Å². The Morgan fingerprint density at radius 3 is 2.39 bits per heavy atom. The lowest BCUT2D eigenvalue weighted by atomic mass is 9.97. The van der Waals surface area contributed by atoms with Crippen LogP contribution in [-0.2, 0) is 4.79 Å². The van der Waals surface area contributed by atoms with Gasteiger partial charge in [-0.2, -0.15) is 5.10 Å². The third-order valence-electron chi connectivity index (χ3n) is 6.32. The number of carbonyl (C=O) groups is 1. The van der Waals surface area contributed by atoms with Crippen molar-refractivity contribution in [2.24, 2.45) is 5.10 Å². The molecule has 1 atom stereocenters. The Kier molecular flexibility index (Phi) is 6.68. The van der Waals surface area contributed by atoms with Gasteiger partial charge in [-0.25, -0.2) is 5.01 Å². The van der Waals surface area contributed by atoms with Gasteiger partial charge in [0.1, 0.15) is 5.75 Å². The number of carbonyl (C=O) groups excluding carboxylic acids is 1. The van der Waals surface area contributed by atoms with E-state index in [0.717, 1.165) is 55.3 Å². The summed E-state index contributed by atoms with van der Waals surface area (Å²) in [4.78, 5) is 18.0. The smallest absolute Gasteiger partial charge is 0.257 e. The van der Waals surface area contributed by atoms with Crippen molar-refractivity contribution in [3.05, 3.63) is 65.2 Å². The van der Waals surface area contributed by atoms with Gasteiger partial charge in [0.15, 0.2) is 0 Å². The number of benzene rings is 2. The maximum Gasteiger partial charge on any atom is 0.257 e. The topological polar surface area (TPSA) is 48.4 Å². The van der Waals surface area contributed by atoms with Crippen LogP contribution in [0.2, 0.25) is 0 Å². The van der Waals surface area contributed by atoms with Gasteiger partial charge in [0.25, 0.3) is 5.91 Å². The van der Waals surface area contributed by atoms with E-state index in [2.05, 4.69) is 47.9 Å². The molecule has 164 valence electrons. The molecule has 4 rings (SSSR count). The predicted molar refractivity (Wildman–Crippen MR) is 123 cm³/mol. The molecule has 0 bridgehead atoms. The van der Waals surface area contributed by atoms with E-state index in [1.807, 2.05) is 24.3 Å². The van der Waals surface area contributed by atoms with Crippen molar-refractivity contribution in [2.45, 2.75) is 26.3 Å². The largest absolute Gasteiger partial charge is 0.496 e. The molecule has 2 aliphatic rings. The molecule has 0 radical (unpaired) electrons. The Bertz CT molecular complexity index is 933. The summed E-state index contributed by atoms with van der Waals surface area (Å²) in [6, 6.07) is 16.2. The van der Waals surface area contributed by atoms with Gasteiger partial charge < -0.3 is 9.64 Å². The number of likely N-dealkylation sites (N-methyl/N-ethyl adjacent to an activating group) is 1. The second kappa shape index (κ2) is 9.62. The van der Waals surface area contributed by atoms with Crippen LogP contribution >= 0.6 is 0 Å². The molecule has 0 unspecified atom stereocenters. The molecule has 0 spiro atoms. The van der Waals surface area contributed by atoms with Crippen LogP contribution in [0.4, 0.5) is 0 Å². The second-order valence-corrected chi connectivity index (χ2v) is 8.33. The van der Waals surface area contributed by atoms with Gasteiger partial charge >= 0.3 is 0 Å². The summed E-state index contributed by atoms with van der Waals surface area (Å²) >= 11 is 0. The average molecular weight is 421 g/mol. The predicted octanol–water partition coefficient (Wildman–Crippen LogP) is 3.32. The molecule has 0 saturated carbocycles. The summed E-state index contributed by atoms with van der Waals surface area (Å²) in [5, 5.41) is 6.53. The van der Waals surface area contributed by atoms with Crippen LogP contribution in [0.1, 0.15) is 36.1 Å². The van der Waals surface area contributed by atoms with Gasteiger partial charge in [0, 0.05) is 38.2 Å². The van der Waals surface area contributed by atoms with E-state index in [9.17, 15) is 4.79 Å². The third-order valence-corrected chi connectivity index (χ3v) is 6.32. The quantitative estimate of drug-likeness (QED) is 0.719. The minimum Gasteiger partial charge on any atom is -0.496 e. The molecule has 2 aromatic carbocycles. The Hall–Kier alpha value is -2.70. The highest BCUT2D eigenvalue weighted by atomic mass is 16.5. The normalized spacial score (nSPS) is 20.0. The molecule has 2 heterocycles. The molecule has 0 aromatic heterocycles. The van der Waals surface area contributed by atoms with Crippen molar-refractivity contribution in [1.82, 2.24) is 14.8 Å². The molecule has 31 heavy (non-hydrogen) atoms. The first-order chi connectivity index (χ1) is 15.1. The number of methoxy groups -OCH3 is 1. The Labute approximate surface area is 185 Å². The maximum atomic E-state index is 13.4. The molecule has 1 amide bonds. The Morgan fingerprint density at radius 2 is 1.71 bits per heavy atom. The molecule has 1 fully saturated rings. The van der Waals surface area contributed by atoms with Crippen LogP contribution in [0.5, 0.6) is 5.75 Å². The van der Waals surface area contributed by atoms with E-state index in [0.29, 0.717) is 13.0 Å². The molecule has 6 nitrogen and oxygen atoms in total. The summed E-state index contributed by atoms with van der Waals surface area (Å²) < 4.78 is 5.56. The van der Waals surface area contributed by atoms with Crippen LogP contribution in [0.25, 0.3) is 0 Å². The average Bonchev–Trinajstić information content (AvgIpc) is 3.25. The Balaban J connectivity index is 1.58. The highest BCUT2D eigenvalue weighted by Gasteiger charge is 2.34. The number of aryl methyl sites for hydroxylation is 1. The van der Waals surface area contributed by atoms with Gasteiger partial charge in [-0.15, -0.1) is 0 Å². The minimum absolute atomic E-state index is 0.0559. The number of rotatable bonds is 6. The first-order valence-corrected chi connectivity index (χ1v) is 11.1. The number of ether oxygens (including phenoxy) is 1. The number of piperazine rings is 1.